The van der Waals surface area contributed by atoms with E-state index in [2.05, 4.69) is 6.92 Å². The second kappa shape index (κ2) is 5.70. The average molecular weight is 288 g/mol. The molecule has 1 N–H and O–H groups in total. The van der Waals surface area contributed by atoms with Crippen molar-refractivity contribution >= 4 is 5.97 Å². The summed E-state index contributed by atoms with van der Waals surface area (Å²) in [6.45, 7) is 2.22. The Kier molecular flexibility index (Phi) is 3.92. The standard InChI is InChI=1S/C18H24O3/c1-18(12-13-5-3-2-4-6-13)10-9-14-11-15(17(19)20)7-8-16(14)21-18/h7-8,11,13H,2-6,9-10,12H2,1H3,(H,19,20). The van der Waals surface area contributed by atoms with Gasteiger partial charge >= 0.3 is 5.97 Å². The molecule has 0 saturated heterocycles. The number of carboxylic acids is 1. The zero-order chi connectivity index (χ0) is 14.9. The summed E-state index contributed by atoms with van der Waals surface area (Å²) in [7, 11) is 0. The Hall–Kier alpha value is -1.51. The highest BCUT2D eigenvalue weighted by Crippen LogP contribution is 2.40. The molecule has 2 aliphatic rings. The molecular weight excluding hydrogens is 264 g/mol. The molecule has 1 unspecified atom stereocenters. The molecule has 1 aliphatic carbocycles. The van der Waals surface area contributed by atoms with E-state index < -0.39 is 5.97 Å². The fourth-order valence-corrected chi connectivity index (χ4v) is 3.87. The van der Waals surface area contributed by atoms with Crippen LogP contribution in [0.15, 0.2) is 18.2 Å². The van der Waals surface area contributed by atoms with Crippen LogP contribution in [-0.4, -0.2) is 16.7 Å². The number of benzene rings is 1. The molecule has 1 saturated carbocycles. The van der Waals surface area contributed by atoms with E-state index in [1.54, 1.807) is 12.1 Å². The lowest BCUT2D eigenvalue weighted by Crippen LogP contribution is -2.38. The molecule has 1 aromatic rings. The van der Waals surface area contributed by atoms with E-state index in [0.29, 0.717) is 5.56 Å². The van der Waals surface area contributed by atoms with Crippen molar-refractivity contribution in [3.8, 4) is 5.75 Å². The van der Waals surface area contributed by atoms with E-state index in [4.69, 9.17) is 9.84 Å². The minimum Gasteiger partial charge on any atom is -0.487 e. The monoisotopic (exact) mass is 288 g/mol. The van der Waals surface area contributed by atoms with Gasteiger partial charge in [-0.2, -0.15) is 0 Å². The van der Waals surface area contributed by atoms with Crippen molar-refractivity contribution in [2.75, 3.05) is 0 Å². The number of ether oxygens (including phenoxy) is 1. The predicted molar refractivity (Wildman–Crippen MR) is 81.9 cm³/mol. The van der Waals surface area contributed by atoms with E-state index >= 15 is 0 Å². The van der Waals surface area contributed by atoms with Gasteiger partial charge in [-0.25, -0.2) is 4.79 Å². The highest BCUT2D eigenvalue weighted by Gasteiger charge is 2.34. The molecule has 3 heteroatoms. The number of fused-ring (bicyclic) bond motifs is 1. The summed E-state index contributed by atoms with van der Waals surface area (Å²) in [6.07, 6.45) is 9.81. The lowest BCUT2D eigenvalue weighted by molar-refractivity contribution is 0.0333. The summed E-state index contributed by atoms with van der Waals surface area (Å²) in [6, 6.07) is 5.24. The molecular formula is C18H24O3. The van der Waals surface area contributed by atoms with Crippen LogP contribution in [-0.2, 0) is 6.42 Å². The summed E-state index contributed by atoms with van der Waals surface area (Å²) in [5, 5.41) is 9.06. The van der Waals surface area contributed by atoms with E-state index in [-0.39, 0.29) is 5.60 Å². The molecule has 3 nitrogen and oxygen atoms in total. The van der Waals surface area contributed by atoms with Crippen molar-refractivity contribution in [1.29, 1.82) is 0 Å². The van der Waals surface area contributed by atoms with Gasteiger partial charge in [0.2, 0.25) is 0 Å². The zero-order valence-electron chi connectivity index (χ0n) is 12.7. The summed E-state index contributed by atoms with van der Waals surface area (Å²) in [5.74, 6) is 0.807. The Morgan fingerprint density at radius 2 is 2.10 bits per heavy atom. The molecule has 0 bridgehead atoms. The molecule has 1 fully saturated rings. The molecule has 1 aromatic carbocycles. The van der Waals surface area contributed by atoms with Gasteiger partial charge in [0.05, 0.1) is 5.56 Å². The van der Waals surface area contributed by atoms with Gasteiger partial charge in [-0.3, -0.25) is 0 Å². The van der Waals surface area contributed by atoms with Gasteiger partial charge in [0.15, 0.2) is 0 Å². The lowest BCUT2D eigenvalue weighted by atomic mass is 9.78. The van der Waals surface area contributed by atoms with Crippen LogP contribution >= 0.6 is 0 Å². The average Bonchev–Trinajstić information content (AvgIpc) is 2.47. The Bertz CT molecular complexity index is 531. The van der Waals surface area contributed by atoms with E-state index in [1.807, 2.05) is 6.07 Å². The smallest absolute Gasteiger partial charge is 0.335 e. The maximum absolute atomic E-state index is 11.0. The van der Waals surface area contributed by atoms with Crippen molar-refractivity contribution in [1.82, 2.24) is 0 Å². The summed E-state index contributed by atoms with van der Waals surface area (Å²) >= 11 is 0. The van der Waals surface area contributed by atoms with Gasteiger partial charge in [0, 0.05) is 0 Å². The largest absolute Gasteiger partial charge is 0.487 e. The molecule has 0 spiro atoms. The maximum Gasteiger partial charge on any atom is 0.335 e. The summed E-state index contributed by atoms with van der Waals surface area (Å²) < 4.78 is 6.26. The maximum atomic E-state index is 11.0. The fraction of sp³-hybridized carbons (Fsp3) is 0.611. The molecule has 21 heavy (non-hydrogen) atoms. The van der Waals surface area contributed by atoms with Crippen molar-refractivity contribution in [2.45, 2.75) is 63.9 Å². The number of rotatable bonds is 3. The van der Waals surface area contributed by atoms with Crippen LogP contribution in [0.2, 0.25) is 0 Å². The Labute approximate surface area is 126 Å². The number of aryl methyl sites for hydroxylation is 1. The first-order chi connectivity index (χ1) is 10.1. The third-order valence-electron chi connectivity index (χ3n) is 5.03. The van der Waals surface area contributed by atoms with Crippen LogP contribution < -0.4 is 4.74 Å². The Balaban J connectivity index is 1.72. The number of hydrogen-bond acceptors (Lipinski definition) is 2. The van der Waals surface area contributed by atoms with Crippen LogP contribution in [0.3, 0.4) is 0 Å². The number of carboxylic acid groups (broad SMARTS) is 1. The van der Waals surface area contributed by atoms with Gasteiger partial charge < -0.3 is 9.84 Å². The van der Waals surface area contributed by atoms with E-state index in [9.17, 15) is 4.79 Å². The normalized spacial score (nSPS) is 26.0. The lowest BCUT2D eigenvalue weighted by Gasteiger charge is -2.39. The first-order valence-electron chi connectivity index (χ1n) is 8.11. The Morgan fingerprint density at radius 3 is 2.81 bits per heavy atom. The SMILES string of the molecule is CC1(CC2CCCCC2)CCc2cc(C(=O)O)ccc2O1. The topological polar surface area (TPSA) is 46.5 Å². The Morgan fingerprint density at radius 1 is 1.33 bits per heavy atom. The third-order valence-corrected chi connectivity index (χ3v) is 5.03. The molecule has 1 aliphatic heterocycles. The highest BCUT2D eigenvalue weighted by atomic mass is 16.5. The molecule has 0 amide bonds. The van der Waals surface area contributed by atoms with Crippen LogP contribution in [0.1, 0.15) is 67.8 Å². The van der Waals surface area contributed by atoms with Crippen molar-refractivity contribution in [3.63, 3.8) is 0 Å². The van der Waals surface area contributed by atoms with Gasteiger partial charge in [-0.1, -0.05) is 32.1 Å². The summed E-state index contributed by atoms with van der Waals surface area (Å²) in [5.41, 5.74) is 1.31. The predicted octanol–water partition coefficient (Wildman–Crippen LogP) is 4.44. The second-order valence-corrected chi connectivity index (χ2v) is 6.89. The minimum absolute atomic E-state index is 0.0836. The van der Waals surface area contributed by atoms with Gasteiger partial charge in [0.25, 0.3) is 0 Å². The van der Waals surface area contributed by atoms with Crippen molar-refractivity contribution < 1.29 is 14.6 Å². The molecule has 0 radical (unpaired) electrons. The number of aromatic carboxylic acids is 1. The fourth-order valence-electron chi connectivity index (χ4n) is 3.87. The van der Waals surface area contributed by atoms with Crippen LogP contribution in [0, 0.1) is 5.92 Å². The van der Waals surface area contributed by atoms with Gasteiger partial charge in [0.1, 0.15) is 11.4 Å². The first-order valence-corrected chi connectivity index (χ1v) is 8.11. The van der Waals surface area contributed by atoms with E-state index in [0.717, 1.165) is 36.5 Å². The molecule has 3 rings (SSSR count). The highest BCUT2D eigenvalue weighted by molar-refractivity contribution is 5.88. The van der Waals surface area contributed by atoms with Crippen LogP contribution in [0.25, 0.3) is 0 Å². The molecule has 114 valence electrons. The van der Waals surface area contributed by atoms with Crippen molar-refractivity contribution in [2.24, 2.45) is 5.92 Å². The van der Waals surface area contributed by atoms with Crippen LogP contribution in [0.4, 0.5) is 0 Å². The number of hydrogen-bond donors (Lipinski definition) is 1. The van der Waals surface area contributed by atoms with Gasteiger partial charge in [-0.05, 0) is 55.9 Å². The molecule has 1 heterocycles. The molecule has 1 atom stereocenters. The van der Waals surface area contributed by atoms with E-state index in [1.165, 1.54) is 32.1 Å². The second-order valence-electron chi connectivity index (χ2n) is 6.89. The molecule has 0 aromatic heterocycles. The van der Waals surface area contributed by atoms with Gasteiger partial charge in [-0.15, -0.1) is 0 Å². The van der Waals surface area contributed by atoms with Crippen LogP contribution in [0.5, 0.6) is 5.75 Å². The zero-order valence-corrected chi connectivity index (χ0v) is 12.7. The minimum atomic E-state index is -0.867. The summed E-state index contributed by atoms with van der Waals surface area (Å²) in [4.78, 5) is 11.0. The first kappa shape index (κ1) is 14.4. The third kappa shape index (κ3) is 3.22. The van der Waals surface area contributed by atoms with Crippen molar-refractivity contribution in [3.05, 3.63) is 29.3 Å². The quantitative estimate of drug-likeness (QED) is 0.894. The number of carbonyl (C=O) groups is 1.